The summed E-state index contributed by atoms with van der Waals surface area (Å²) in [5.41, 5.74) is 4.74. The van der Waals surface area contributed by atoms with E-state index in [0.717, 1.165) is 33.8 Å². The van der Waals surface area contributed by atoms with Gasteiger partial charge in [0, 0.05) is 17.3 Å². The molecule has 0 N–H and O–H groups in total. The van der Waals surface area contributed by atoms with E-state index >= 15 is 0 Å². The number of ether oxygens (including phenoxy) is 2. The third kappa shape index (κ3) is 5.47. The average molecular weight is 591 g/mol. The second kappa shape index (κ2) is 12.1. The van der Waals surface area contributed by atoms with Gasteiger partial charge in [-0.15, -0.1) is 0 Å². The van der Waals surface area contributed by atoms with E-state index in [2.05, 4.69) is 0 Å². The molecular weight excluding hydrogens is 560 g/mol. The topological polar surface area (TPSA) is 87.7 Å². The third-order valence-electron chi connectivity index (χ3n) is 7.12. The standard InChI is InChI=1S/C34H30N4O4S/c1-4-41-27-18-16-23(17-19-27)30-25(21-37(36-30)26-14-10-7-11-15-26)20-28-32(39)38-31(24-12-8-6-9-13-24)29(33(40)42-5-2)22(3)35-34(38)43-28/h6-21,31H,4-5H2,1-3H3/b28-20-. The lowest BCUT2D eigenvalue weighted by molar-refractivity contribution is -0.139. The molecule has 216 valence electrons. The Morgan fingerprint density at radius 1 is 0.953 bits per heavy atom. The van der Waals surface area contributed by atoms with Crippen molar-refractivity contribution < 1.29 is 14.3 Å². The van der Waals surface area contributed by atoms with E-state index in [1.807, 2.05) is 109 Å². The van der Waals surface area contributed by atoms with Crippen LogP contribution < -0.4 is 19.6 Å². The predicted molar refractivity (Wildman–Crippen MR) is 167 cm³/mol. The van der Waals surface area contributed by atoms with Gasteiger partial charge in [0.15, 0.2) is 4.80 Å². The molecule has 1 aliphatic heterocycles. The normalized spacial score (nSPS) is 14.8. The number of carbonyl (C=O) groups is 1. The number of aromatic nitrogens is 3. The molecule has 0 bridgehead atoms. The van der Waals surface area contributed by atoms with E-state index in [9.17, 15) is 9.59 Å². The van der Waals surface area contributed by atoms with Gasteiger partial charge in [-0.3, -0.25) is 9.36 Å². The molecule has 9 heteroatoms. The maximum Gasteiger partial charge on any atom is 0.338 e. The lowest BCUT2D eigenvalue weighted by atomic mass is 9.96. The molecule has 8 nitrogen and oxygen atoms in total. The average Bonchev–Trinajstić information content (AvgIpc) is 3.58. The van der Waals surface area contributed by atoms with Crippen LogP contribution in [-0.4, -0.2) is 33.5 Å². The number of nitrogens with zero attached hydrogens (tertiary/aromatic N) is 4. The van der Waals surface area contributed by atoms with E-state index < -0.39 is 12.0 Å². The fourth-order valence-corrected chi connectivity index (χ4v) is 6.23. The molecule has 1 atom stereocenters. The Labute approximate surface area is 252 Å². The molecule has 0 radical (unpaired) electrons. The summed E-state index contributed by atoms with van der Waals surface area (Å²) in [6.07, 6.45) is 3.77. The number of rotatable bonds is 8. The van der Waals surface area contributed by atoms with Gasteiger partial charge in [-0.2, -0.15) is 5.10 Å². The van der Waals surface area contributed by atoms with Crippen LogP contribution in [0.2, 0.25) is 0 Å². The minimum Gasteiger partial charge on any atom is -0.494 e. The fraction of sp³-hybridized carbons (Fsp3) is 0.176. The lowest BCUT2D eigenvalue weighted by Crippen LogP contribution is -2.39. The Hall–Kier alpha value is -5.02. The van der Waals surface area contributed by atoms with Crippen molar-refractivity contribution in [3.63, 3.8) is 0 Å². The second-order valence-electron chi connectivity index (χ2n) is 9.88. The lowest BCUT2D eigenvalue weighted by Gasteiger charge is -2.24. The van der Waals surface area contributed by atoms with E-state index in [1.165, 1.54) is 11.3 Å². The molecule has 0 saturated heterocycles. The maximum absolute atomic E-state index is 14.1. The van der Waals surface area contributed by atoms with Crippen molar-refractivity contribution in [2.45, 2.75) is 26.8 Å². The van der Waals surface area contributed by atoms with Crippen molar-refractivity contribution in [3.05, 3.63) is 133 Å². The third-order valence-corrected chi connectivity index (χ3v) is 8.10. The second-order valence-corrected chi connectivity index (χ2v) is 10.9. The molecule has 2 aromatic heterocycles. The van der Waals surface area contributed by atoms with Crippen molar-refractivity contribution in [3.8, 4) is 22.7 Å². The molecule has 3 heterocycles. The molecule has 0 saturated carbocycles. The highest BCUT2D eigenvalue weighted by atomic mass is 32.1. The SMILES string of the molecule is CCOC(=O)C1=C(C)N=c2s/c(=C\c3cn(-c4ccccc4)nc3-c3ccc(OCC)cc3)c(=O)n2C1c1ccccc1. The molecule has 0 fully saturated rings. The number of hydrogen-bond acceptors (Lipinski definition) is 7. The summed E-state index contributed by atoms with van der Waals surface area (Å²) < 4.78 is 14.9. The minimum atomic E-state index is -0.656. The van der Waals surface area contributed by atoms with Gasteiger partial charge < -0.3 is 9.47 Å². The first-order valence-corrected chi connectivity index (χ1v) is 14.9. The summed E-state index contributed by atoms with van der Waals surface area (Å²) in [5, 5.41) is 4.91. The molecule has 6 rings (SSSR count). The monoisotopic (exact) mass is 590 g/mol. The quantitative estimate of drug-likeness (QED) is 0.236. The predicted octanol–water partition coefficient (Wildman–Crippen LogP) is 5.05. The van der Waals surface area contributed by atoms with Crippen molar-refractivity contribution in [1.29, 1.82) is 0 Å². The van der Waals surface area contributed by atoms with Crippen molar-refractivity contribution >= 4 is 23.4 Å². The Bertz CT molecular complexity index is 1990. The van der Waals surface area contributed by atoms with Crippen molar-refractivity contribution in [2.75, 3.05) is 13.2 Å². The zero-order valence-corrected chi connectivity index (χ0v) is 24.9. The van der Waals surface area contributed by atoms with Crippen LogP contribution in [0.25, 0.3) is 23.0 Å². The molecular formula is C34H30N4O4S. The van der Waals surface area contributed by atoms with Gasteiger partial charge in [0.05, 0.1) is 40.7 Å². The molecule has 5 aromatic rings. The molecule has 0 aliphatic carbocycles. The van der Waals surface area contributed by atoms with Gasteiger partial charge in [-0.25, -0.2) is 14.5 Å². The number of allylic oxidation sites excluding steroid dienone is 1. The molecule has 0 spiro atoms. The first-order valence-electron chi connectivity index (χ1n) is 14.1. The summed E-state index contributed by atoms with van der Waals surface area (Å²) in [4.78, 5) is 32.5. The number of hydrogen-bond donors (Lipinski definition) is 0. The zero-order valence-electron chi connectivity index (χ0n) is 24.1. The van der Waals surface area contributed by atoms with Crippen LogP contribution in [0.4, 0.5) is 0 Å². The smallest absolute Gasteiger partial charge is 0.338 e. The Kier molecular flexibility index (Phi) is 7.89. The summed E-state index contributed by atoms with van der Waals surface area (Å²) in [6.45, 7) is 6.30. The van der Waals surface area contributed by atoms with Crippen LogP contribution in [0, 0.1) is 0 Å². The largest absolute Gasteiger partial charge is 0.494 e. The van der Waals surface area contributed by atoms with Gasteiger partial charge in [-0.1, -0.05) is 59.9 Å². The molecule has 0 amide bonds. The maximum atomic E-state index is 14.1. The fourth-order valence-electron chi connectivity index (χ4n) is 5.19. The summed E-state index contributed by atoms with van der Waals surface area (Å²) in [5.74, 6) is 0.297. The number of benzene rings is 3. The van der Waals surface area contributed by atoms with Crippen molar-refractivity contribution in [1.82, 2.24) is 14.3 Å². The van der Waals surface area contributed by atoms with Gasteiger partial charge in [0.2, 0.25) is 0 Å². The number of esters is 1. The van der Waals surface area contributed by atoms with E-state index in [1.54, 1.807) is 18.4 Å². The van der Waals surface area contributed by atoms with E-state index in [-0.39, 0.29) is 12.2 Å². The molecule has 43 heavy (non-hydrogen) atoms. The number of carbonyl (C=O) groups excluding carboxylic acids is 1. The van der Waals surface area contributed by atoms with E-state index in [0.29, 0.717) is 27.2 Å². The first-order chi connectivity index (χ1) is 21.0. The van der Waals surface area contributed by atoms with E-state index in [4.69, 9.17) is 19.6 Å². The van der Waals surface area contributed by atoms with Crippen LogP contribution in [0.3, 0.4) is 0 Å². The minimum absolute atomic E-state index is 0.223. The molecule has 1 unspecified atom stereocenters. The van der Waals surface area contributed by atoms with Gasteiger partial charge >= 0.3 is 5.97 Å². The Morgan fingerprint density at radius 2 is 1.65 bits per heavy atom. The van der Waals surface area contributed by atoms with Crippen LogP contribution in [0.15, 0.2) is 112 Å². The molecule has 1 aliphatic rings. The summed E-state index contributed by atoms with van der Waals surface area (Å²) in [7, 11) is 0. The Balaban J connectivity index is 1.53. The summed E-state index contributed by atoms with van der Waals surface area (Å²) in [6, 6.07) is 26.4. The van der Waals surface area contributed by atoms with Crippen LogP contribution in [-0.2, 0) is 9.53 Å². The number of thiazole rings is 1. The number of fused-ring (bicyclic) bond motifs is 1. The highest BCUT2D eigenvalue weighted by Crippen LogP contribution is 2.31. The van der Waals surface area contributed by atoms with Crippen molar-refractivity contribution in [2.24, 2.45) is 4.99 Å². The van der Waals surface area contributed by atoms with Crippen LogP contribution in [0.1, 0.15) is 37.9 Å². The highest BCUT2D eigenvalue weighted by molar-refractivity contribution is 7.07. The van der Waals surface area contributed by atoms with Gasteiger partial charge in [0.25, 0.3) is 5.56 Å². The van der Waals surface area contributed by atoms with Gasteiger partial charge in [0.1, 0.15) is 11.4 Å². The van der Waals surface area contributed by atoms with Crippen LogP contribution in [0.5, 0.6) is 5.75 Å². The zero-order chi connectivity index (χ0) is 29.9. The van der Waals surface area contributed by atoms with Gasteiger partial charge in [-0.05, 0) is 68.8 Å². The van der Waals surface area contributed by atoms with Crippen LogP contribution >= 0.6 is 11.3 Å². The molecule has 3 aromatic carbocycles. The first kappa shape index (κ1) is 28.1. The Morgan fingerprint density at radius 3 is 2.33 bits per heavy atom. The number of para-hydroxylation sites is 1. The highest BCUT2D eigenvalue weighted by Gasteiger charge is 2.33. The summed E-state index contributed by atoms with van der Waals surface area (Å²) >= 11 is 1.29.